The Morgan fingerprint density at radius 3 is 2.43 bits per heavy atom. The number of hydrogen-bond donors (Lipinski definition) is 1. The van der Waals surface area contributed by atoms with Gasteiger partial charge in [-0.2, -0.15) is 0 Å². The van der Waals surface area contributed by atoms with E-state index in [2.05, 4.69) is 30.8 Å². The quantitative estimate of drug-likeness (QED) is 0.719. The summed E-state index contributed by atoms with van der Waals surface area (Å²) in [7, 11) is 4.15. The zero-order valence-corrected chi connectivity index (χ0v) is 13.9. The summed E-state index contributed by atoms with van der Waals surface area (Å²) in [4.78, 5) is 4.48. The Morgan fingerprint density at radius 2 is 1.81 bits per heavy atom. The van der Waals surface area contributed by atoms with Gasteiger partial charge in [0.2, 0.25) is 0 Å². The molecule has 1 unspecified atom stereocenters. The van der Waals surface area contributed by atoms with E-state index >= 15 is 0 Å². The fourth-order valence-electron chi connectivity index (χ4n) is 2.34. The van der Waals surface area contributed by atoms with Crippen LogP contribution in [-0.2, 0) is 0 Å². The van der Waals surface area contributed by atoms with Gasteiger partial charge in [0.1, 0.15) is 5.75 Å². The smallest absolute Gasteiger partial charge is 0.125 e. The number of hydrogen-bond acceptors (Lipinski definition) is 4. The lowest BCUT2D eigenvalue weighted by Crippen LogP contribution is -2.35. The molecule has 4 heteroatoms. The zero-order chi connectivity index (χ0) is 15.7. The Kier molecular flexibility index (Phi) is 8.35. The van der Waals surface area contributed by atoms with Crippen molar-refractivity contribution in [3.63, 3.8) is 0 Å². The SMILES string of the molecule is CCCN(CCN(C)C)CC(O)c1ccccc1OCC. The summed E-state index contributed by atoms with van der Waals surface area (Å²) in [6.45, 7) is 8.36. The zero-order valence-electron chi connectivity index (χ0n) is 13.9. The van der Waals surface area contributed by atoms with Gasteiger partial charge in [0.15, 0.2) is 0 Å². The molecule has 0 saturated carbocycles. The maximum atomic E-state index is 10.6. The summed E-state index contributed by atoms with van der Waals surface area (Å²) in [6.07, 6.45) is 0.578. The number of nitrogens with zero attached hydrogens (tertiary/aromatic N) is 2. The first-order valence-corrected chi connectivity index (χ1v) is 7.85. The van der Waals surface area contributed by atoms with Gasteiger partial charge >= 0.3 is 0 Å². The number of aliphatic hydroxyl groups is 1. The fraction of sp³-hybridized carbons (Fsp3) is 0.647. The third-order valence-corrected chi connectivity index (χ3v) is 3.41. The Hall–Kier alpha value is -1.10. The Morgan fingerprint density at radius 1 is 1.10 bits per heavy atom. The Balaban J connectivity index is 2.69. The first kappa shape index (κ1) is 18.0. The van der Waals surface area contributed by atoms with Crippen molar-refractivity contribution < 1.29 is 9.84 Å². The van der Waals surface area contributed by atoms with Crippen molar-refractivity contribution in [3.8, 4) is 5.75 Å². The first-order valence-electron chi connectivity index (χ1n) is 7.85. The average Bonchev–Trinajstić information content (AvgIpc) is 2.45. The number of para-hydroxylation sites is 1. The van der Waals surface area contributed by atoms with Crippen LogP contribution in [0.25, 0.3) is 0 Å². The van der Waals surface area contributed by atoms with Gasteiger partial charge in [-0.05, 0) is 40.1 Å². The third-order valence-electron chi connectivity index (χ3n) is 3.41. The van der Waals surface area contributed by atoms with E-state index in [-0.39, 0.29) is 0 Å². The lowest BCUT2D eigenvalue weighted by molar-refractivity contribution is 0.105. The van der Waals surface area contributed by atoms with Crippen LogP contribution in [0.4, 0.5) is 0 Å². The third kappa shape index (κ3) is 6.46. The van der Waals surface area contributed by atoms with Crippen LogP contribution < -0.4 is 4.74 Å². The topological polar surface area (TPSA) is 35.9 Å². The predicted molar refractivity (Wildman–Crippen MR) is 87.9 cm³/mol. The molecular formula is C17H30N2O2. The number of benzene rings is 1. The first-order chi connectivity index (χ1) is 10.1. The molecule has 0 heterocycles. The minimum Gasteiger partial charge on any atom is -0.493 e. The average molecular weight is 294 g/mol. The van der Waals surface area contributed by atoms with Crippen LogP contribution in [0.3, 0.4) is 0 Å². The van der Waals surface area contributed by atoms with Crippen LogP contribution in [0, 0.1) is 0 Å². The molecule has 0 saturated heterocycles. The van der Waals surface area contributed by atoms with Crippen molar-refractivity contribution >= 4 is 0 Å². The van der Waals surface area contributed by atoms with Crippen LogP contribution >= 0.6 is 0 Å². The van der Waals surface area contributed by atoms with Gasteiger partial charge in [0.25, 0.3) is 0 Å². The molecule has 1 aromatic rings. The molecule has 1 rings (SSSR count). The van der Waals surface area contributed by atoms with Crippen LogP contribution in [0.15, 0.2) is 24.3 Å². The fourth-order valence-corrected chi connectivity index (χ4v) is 2.34. The summed E-state index contributed by atoms with van der Waals surface area (Å²) < 4.78 is 5.61. The molecule has 0 aromatic heterocycles. The molecule has 0 spiro atoms. The lowest BCUT2D eigenvalue weighted by Gasteiger charge is -2.26. The van der Waals surface area contributed by atoms with Gasteiger partial charge in [0, 0.05) is 25.2 Å². The monoisotopic (exact) mass is 294 g/mol. The van der Waals surface area contributed by atoms with Crippen LogP contribution in [-0.4, -0.2) is 61.8 Å². The summed E-state index contributed by atoms with van der Waals surface area (Å²) in [5, 5.41) is 10.6. The van der Waals surface area contributed by atoms with Crippen molar-refractivity contribution in [1.82, 2.24) is 9.80 Å². The van der Waals surface area contributed by atoms with E-state index in [1.165, 1.54) is 0 Å². The maximum absolute atomic E-state index is 10.6. The summed E-state index contributed by atoms with van der Waals surface area (Å²) >= 11 is 0. The molecule has 4 nitrogen and oxygen atoms in total. The Labute approximate surface area is 129 Å². The minimum atomic E-state index is -0.513. The summed E-state index contributed by atoms with van der Waals surface area (Å²) in [5.41, 5.74) is 0.880. The van der Waals surface area contributed by atoms with E-state index in [0.717, 1.165) is 37.4 Å². The molecule has 0 radical (unpaired) electrons. The molecule has 0 aliphatic carbocycles. The highest BCUT2D eigenvalue weighted by Gasteiger charge is 2.16. The van der Waals surface area contributed by atoms with E-state index in [1.807, 2.05) is 31.2 Å². The summed E-state index contributed by atoms with van der Waals surface area (Å²) in [5.74, 6) is 0.788. The van der Waals surface area contributed by atoms with Crippen LogP contribution in [0.2, 0.25) is 0 Å². The van der Waals surface area contributed by atoms with Crippen molar-refractivity contribution in [3.05, 3.63) is 29.8 Å². The lowest BCUT2D eigenvalue weighted by atomic mass is 10.1. The van der Waals surface area contributed by atoms with Gasteiger partial charge in [-0.1, -0.05) is 25.1 Å². The number of ether oxygens (including phenoxy) is 1. The van der Waals surface area contributed by atoms with Gasteiger partial charge in [-0.15, -0.1) is 0 Å². The molecule has 21 heavy (non-hydrogen) atoms. The maximum Gasteiger partial charge on any atom is 0.125 e. The van der Waals surface area contributed by atoms with E-state index < -0.39 is 6.10 Å². The van der Waals surface area contributed by atoms with Crippen molar-refractivity contribution in [2.75, 3.05) is 46.9 Å². The number of aliphatic hydroxyl groups excluding tert-OH is 1. The Bertz CT molecular complexity index is 396. The summed E-state index contributed by atoms with van der Waals surface area (Å²) in [6, 6.07) is 7.76. The molecule has 1 N–H and O–H groups in total. The standard InChI is InChI=1S/C17H30N2O2/c1-5-11-19(13-12-18(3)4)14-16(20)15-9-7-8-10-17(15)21-6-2/h7-10,16,20H,5-6,11-14H2,1-4H3. The van der Waals surface area contributed by atoms with Crippen LogP contribution in [0.1, 0.15) is 31.9 Å². The highest BCUT2D eigenvalue weighted by atomic mass is 16.5. The minimum absolute atomic E-state index is 0.513. The highest BCUT2D eigenvalue weighted by molar-refractivity contribution is 5.35. The molecule has 1 aromatic carbocycles. The molecule has 0 bridgehead atoms. The largest absolute Gasteiger partial charge is 0.493 e. The van der Waals surface area contributed by atoms with Crippen molar-refractivity contribution in [1.29, 1.82) is 0 Å². The van der Waals surface area contributed by atoms with E-state index in [0.29, 0.717) is 13.2 Å². The number of rotatable bonds is 10. The van der Waals surface area contributed by atoms with Crippen molar-refractivity contribution in [2.24, 2.45) is 0 Å². The van der Waals surface area contributed by atoms with E-state index in [4.69, 9.17) is 4.74 Å². The normalized spacial score (nSPS) is 12.9. The second-order valence-corrected chi connectivity index (χ2v) is 5.59. The van der Waals surface area contributed by atoms with Gasteiger partial charge in [-0.3, -0.25) is 4.90 Å². The second-order valence-electron chi connectivity index (χ2n) is 5.59. The van der Waals surface area contributed by atoms with Gasteiger partial charge in [-0.25, -0.2) is 0 Å². The van der Waals surface area contributed by atoms with E-state index in [9.17, 15) is 5.11 Å². The van der Waals surface area contributed by atoms with Crippen molar-refractivity contribution in [2.45, 2.75) is 26.4 Å². The van der Waals surface area contributed by atoms with Gasteiger partial charge in [0.05, 0.1) is 12.7 Å². The number of likely N-dealkylation sites (N-methyl/N-ethyl adjacent to an activating group) is 1. The predicted octanol–water partition coefficient (Wildman–Crippen LogP) is 2.39. The van der Waals surface area contributed by atoms with E-state index in [1.54, 1.807) is 0 Å². The molecule has 120 valence electrons. The van der Waals surface area contributed by atoms with Crippen LogP contribution in [0.5, 0.6) is 5.75 Å². The molecule has 0 aliphatic heterocycles. The molecule has 0 amide bonds. The molecule has 1 atom stereocenters. The molecule has 0 fully saturated rings. The molecule has 0 aliphatic rings. The molecular weight excluding hydrogens is 264 g/mol. The second kappa shape index (κ2) is 9.77. The highest BCUT2D eigenvalue weighted by Crippen LogP contribution is 2.25. The van der Waals surface area contributed by atoms with Gasteiger partial charge < -0.3 is 14.7 Å².